The summed E-state index contributed by atoms with van der Waals surface area (Å²) in [6, 6.07) is 25.8. The molecule has 0 aliphatic rings. The first-order valence-electron chi connectivity index (χ1n) is 11.4. The lowest BCUT2D eigenvalue weighted by atomic mass is 10.1. The number of ether oxygens (including phenoxy) is 2. The number of amides is 1. The summed E-state index contributed by atoms with van der Waals surface area (Å²) in [7, 11) is 0. The molecule has 0 bridgehead atoms. The molecule has 4 rings (SSSR count). The number of carbonyl (C=O) groups is 1. The zero-order valence-electron chi connectivity index (χ0n) is 19.4. The Hall–Kier alpha value is -4.24. The lowest BCUT2D eigenvalue weighted by molar-refractivity contribution is 0.168. The standard InChI is InChI=1S/C28H27N3O3/c1-3-16-31-26-17-23(34-19-20-8-6-5-7-9-20)14-15-24(26)25(18-29)27(31)21-10-12-22(13-11-21)30-28(32)33-4-2/h5-15,17H,3-4,16,19H2,1-2H3,(H,30,32). The molecule has 0 saturated heterocycles. The molecule has 1 N–H and O–H groups in total. The van der Waals surface area contributed by atoms with E-state index in [1.54, 1.807) is 6.92 Å². The van der Waals surface area contributed by atoms with E-state index in [4.69, 9.17) is 9.47 Å². The second kappa shape index (κ2) is 10.6. The minimum absolute atomic E-state index is 0.309. The molecule has 0 radical (unpaired) electrons. The summed E-state index contributed by atoms with van der Waals surface area (Å²) in [5.74, 6) is 0.760. The minimum Gasteiger partial charge on any atom is -0.489 e. The molecule has 1 heterocycles. The molecule has 6 nitrogen and oxygen atoms in total. The van der Waals surface area contributed by atoms with E-state index in [0.717, 1.165) is 46.4 Å². The average molecular weight is 454 g/mol. The molecule has 0 spiro atoms. The number of aromatic nitrogens is 1. The molecule has 0 atom stereocenters. The number of fused-ring (bicyclic) bond motifs is 1. The molecule has 0 saturated carbocycles. The van der Waals surface area contributed by atoms with Gasteiger partial charge in [0.15, 0.2) is 0 Å². The van der Waals surface area contributed by atoms with Gasteiger partial charge in [-0.2, -0.15) is 5.26 Å². The van der Waals surface area contributed by atoms with Crippen molar-refractivity contribution in [2.45, 2.75) is 33.4 Å². The zero-order chi connectivity index (χ0) is 23.9. The van der Waals surface area contributed by atoms with Crippen molar-refractivity contribution in [3.8, 4) is 23.1 Å². The summed E-state index contributed by atoms with van der Waals surface area (Å²) in [4.78, 5) is 11.7. The van der Waals surface area contributed by atoms with Gasteiger partial charge in [0, 0.05) is 23.7 Å². The normalized spacial score (nSPS) is 10.6. The monoisotopic (exact) mass is 453 g/mol. The highest BCUT2D eigenvalue weighted by molar-refractivity contribution is 5.95. The predicted octanol–water partition coefficient (Wildman–Crippen LogP) is 6.74. The number of nitrogens with one attached hydrogen (secondary N) is 1. The SMILES string of the molecule is CCCn1c(-c2ccc(NC(=O)OCC)cc2)c(C#N)c2ccc(OCc3ccccc3)cc21. The molecule has 0 aliphatic heterocycles. The van der Waals surface area contributed by atoms with E-state index in [0.29, 0.717) is 24.5 Å². The molecule has 34 heavy (non-hydrogen) atoms. The smallest absolute Gasteiger partial charge is 0.411 e. The number of carbonyl (C=O) groups excluding carboxylic acids is 1. The number of nitriles is 1. The quantitative estimate of drug-likeness (QED) is 0.321. The molecule has 3 aromatic carbocycles. The van der Waals surface area contributed by atoms with Gasteiger partial charge in [0.1, 0.15) is 18.4 Å². The molecule has 4 aromatic rings. The fourth-order valence-electron chi connectivity index (χ4n) is 4.03. The van der Waals surface area contributed by atoms with Crippen molar-refractivity contribution in [2.75, 3.05) is 11.9 Å². The maximum absolute atomic E-state index is 11.7. The first-order chi connectivity index (χ1) is 16.6. The van der Waals surface area contributed by atoms with Gasteiger partial charge in [0.25, 0.3) is 0 Å². The van der Waals surface area contributed by atoms with Gasteiger partial charge < -0.3 is 14.0 Å². The molecule has 0 fully saturated rings. The maximum Gasteiger partial charge on any atom is 0.411 e. The van der Waals surface area contributed by atoms with E-state index in [1.807, 2.05) is 72.8 Å². The number of hydrogen-bond acceptors (Lipinski definition) is 4. The van der Waals surface area contributed by atoms with E-state index >= 15 is 0 Å². The van der Waals surface area contributed by atoms with Crippen LogP contribution < -0.4 is 10.1 Å². The van der Waals surface area contributed by atoms with Gasteiger partial charge in [0.05, 0.1) is 23.4 Å². The van der Waals surface area contributed by atoms with Crippen LogP contribution in [0.25, 0.3) is 22.2 Å². The third kappa shape index (κ3) is 4.89. The van der Waals surface area contributed by atoms with E-state index in [1.165, 1.54) is 0 Å². The van der Waals surface area contributed by atoms with E-state index < -0.39 is 6.09 Å². The number of rotatable bonds is 8. The maximum atomic E-state index is 11.7. The highest BCUT2D eigenvalue weighted by atomic mass is 16.5. The van der Waals surface area contributed by atoms with Gasteiger partial charge in [0.2, 0.25) is 0 Å². The zero-order valence-corrected chi connectivity index (χ0v) is 19.4. The van der Waals surface area contributed by atoms with Gasteiger partial charge in [-0.15, -0.1) is 0 Å². The average Bonchev–Trinajstić information content (AvgIpc) is 3.17. The van der Waals surface area contributed by atoms with Crippen molar-refractivity contribution < 1.29 is 14.3 Å². The second-order valence-corrected chi connectivity index (χ2v) is 7.86. The third-order valence-electron chi connectivity index (χ3n) is 5.52. The van der Waals surface area contributed by atoms with E-state index in [9.17, 15) is 10.1 Å². The van der Waals surface area contributed by atoms with Crippen LogP contribution >= 0.6 is 0 Å². The van der Waals surface area contributed by atoms with Crippen molar-refractivity contribution in [1.82, 2.24) is 4.57 Å². The van der Waals surface area contributed by atoms with Crippen molar-refractivity contribution in [3.63, 3.8) is 0 Å². The molecular weight excluding hydrogens is 426 g/mol. The Morgan fingerprint density at radius 2 is 1.79 bits per heavy atom. The highest BCUT2D eigenvalue weighted by Crippen LogP contribution is 2.36. The Morgan fingerprint density at radius 1 is 1.03 bits per heavy atom. The summed E-state index contributed by atoms with van der Waals surface area (Å²) in [5.41, 5.74) is 5.10. The van der Waals surface area contributed by atoms with Gasteiger partial charge in [-0.25, -0.2) is 4.79 Å². The lowest BCUT2D eigenvalue weighted by Gasteiger charge is -2.12. The Labute approximate surface area is 199 Å². The number of nitrogens with zero attached hydrogens (tertiary/aromatic N) is 2. The van der Waals surface area contributed by atoms with Crippen LogP contribution in [0.15, 0.2) is 72.8 Å². The van der Waals surface area contributed by atoms with Crippen LogP contribution in [0.2, 0.25) is 0 Å². The largest absolute Gasteiger partial charge is 0.489 e. The summed E-state index contributed by atoms with van der Waals surface area (Å²) >= 11 is 0. The van der Waals surface area contributed by atoms with Gasteiger partial charge in [-0.1, -0.05) is 49.4 Å². The minimum atomic E-state index is -0.490. The number of benzene rings is 3. The summed E-state index contributed by atoms with van der Waals surface area (Å²) in [5, 5.41) is 13.6. The molecule has 1 aromatic heterocycles. The fourth-order valence-corrected chi connectivity index (χ4v) is 4.03. The van der Waals surface area contributed by atoms with Crippen LogP contribution in [-0.4, -0.2) is 17.3 Å². The molecule has 0 aliphatic carbocycles. The first kappa shape index (κ1) is 22.9. The van der Waals surface area contributed by atoms with Crippen LogP contribution in [0.3, 0.4) is 0 Å². The lowest BCUT2D eigenvalue weighted by Crippen LogP contribution is -2.13. The number of hydrogen-bond donors (Lipinski definition) is 1. The third-order valence-corrected chi connectivity index (χ3v) is 5.52. The van der Waals surface area contributed by atoms with Crippen molar-refractivity contribution in [3.05, 3.63) is 83.9 Å². The molecule has 1 amide bonds. The Kier molecular flexibility index (Phi) is 7.14. The van der Waals surface area contributed by atoms with Gasteiger partial charge in [-0.05, 0) is 48.7 Å². The van der Waals surface area contributed by atoms with Crippen molar-refractivity contribution in [1.29, 1.82) is 5.26 Å². The second-order valence-electron chi connectivity index (χ2n) is 7.86. The summed E-state index contributed by atoms with van der Waals surface area (Å²) in [6.45, 7) is 5.43. The summed E-state index contributed by atoms with van der Waals surface area (Å²) in [6.07, 6.45) is 0.426. The van der Waals surface area contributed by atoms with Crippen LogP contribution in [0.1, 0.15) is 31.4 Å². The van der Waals surface area contributed by atoms with Crippen LogP contribution in [0.4, 0.5) is 10.5 Å². The molecular formula is C28H27N3O3. The summed E-state index contributed by atoms with van der Waals surface area (Å²) < 4.78 is 13.2. The fraction of sp³-hybridized carbons (Fsp3) is 0.214. The first-order valence-corrected chi connectivity index (χ1v) is 11.4. The van der Waals surface area contributed by atoms with Crippen molar-refractivity contribution in [2.24, 2.45) is 0 Å². The topological polar surface area (TPSA) is 76.3 Å². The Morgan fingerprint density at radius 3 is 2.47 bits per heavy atom. The highest BCUT2D eigenvalue weighted by Gasteiger charge is 2.19. The van der Waals surface area contributed by atoms with Gasteiger partial charge in [-0.3, -0.25) is 5.32 Å². The Balaban J connectivity index is 1.70. The number of anilines is 1. The molecule has 172 valence electrons. The Bertz CT molecular complexity index is 1320. The van der Waals surface area contributed by atoms with Crippen molar-refractivity contribution >= 4 is 22.7 Å². The number of aryl methyl sites for hydroxylation is 1. The van der Waals surface area contributed by atoms with E-state index in [2.05, 4.69) is 22.9 Å². The van der Waals surface area contributed by atoms with E-state index in [-0.39, 0.29) is 0 Å². The molecule has 6 heteroatoms. The predicted molar refractivity (Wildman–Crippen MR) is 134 cm³/mol. The van der Waals surface area contributed by atoms with Crippen LogP contribution in [-0.2, 0) is 17.9 Å². The van der Waals surface area contributed by atoms with Gasteiger partial charge >= 0.3 is 6.09 Å². The van der Waals surface area contributed by atoms with Crippen LogP contribution in [0, 0.1) is 11.3 Å². The molecule has 0 unspecified atom stereocenters. The van der Waals surface area contributed by atoms with Crippen LogP contribution in [0.5, 0.6) is 5.75 Å².